The number of rotatable bonds is 6. The van der Waals surface area contributed by atoms with E-state index in [-0.39, 0.29) is 11.3 Å². The number of halogens is 1. The maximum Gasteiger partial charge on any atom is 0.285 e. The number of anilines is 1. The molecule has 21 heavy (non-hydrogen) atoms. The summed E-state index contributed by atoms with van der Waals surface area (Å²) in [5.74, 6) is 3.67. The van der Waals surface area contributed by atoms with E-state index < -0.39 is 22.3 Å². The molecule has 0 aliphatic heterocycles. The van der Waals surface area contributed by atoms with Crippen LogP contribution in [0.5, 0.6) is 0 Å². The van der Waals surface area contributed by atoms with Crippen molar-refractivity contribution in [2.45, 2.75) is 0 Å². The summed E-state index contributed by atoms with van der Waals surface area (Å²) in [7, 11) is 5.21. The summed E-state index contributed by atoms with van der Waals surface area (Å²) in [6.07, 6.45) is 0. The van der Waals surface area contributed by atoms with Crippen LogP contribution in [-0.2, 0) is 0 Å². The van der Waals surface area contributed by atoms with E-state index in [9.17, 15) is 19.3 Å². The Hall–Kier alpha value is -2.26. The Labute approximate surface area is 121 Å². The minimum Gasteiger partial charge on any atom is -0.340 e. The standard InChI is InChI=1S/C12H18FN5O3/c1-16(2)4-5-17(3)12(19)8-6-10(15-14)9(13)7-11(8)18(20)21/h6-7,15H,4-5,14H2,1-3H3. The third-order valence-electron chi connectivity index (χ3n) is 2.90. The molecule has 8 nitrogen and oxygen atoms in total. The zero-order chi connectivity index (χ0) is 16.2. The molecule has 0 radical (unpaired) electrons. The molecular formula is C12H18FN5O3. The Bertz CT molecular complexity index is 550. The number of hydrogen-bond donors (Lipinski definition) is 2. The van der Waals surface area contributed by atoms with Crippen LogP contribution in [0.1, 0.15) is 10.4 Å². The van der Waals surface area contributed by atoms with Crippen molar-refractivity contribution < 1.29 is 14.1 Å². The van der Waals surface area contributed by atoms with Gasteiger partial charge in [-0.05, 0) is 20.2 Å². The molecule has 0 bridgehead atoms. The summed E-state index contributed by atoms with van der Waals surface area (Å²) in [6, 6.07) is 1.73. The van der Waals surface area contributed by atoms with E-state index in [1.807, 2.05) is 19.0 Å². The molecule has 1 aromatic carbocycles. The molecule has 0 aromatic heterocycles. The van der Waals surface area contributed by atoms with Crippen LogP contribution in [0, 0.1) is 15.9 Å². The van der Waals surface area contributed by atoms with E-state index in [0.29, 0.717) is 19.2 Å². The van der Waals surface area contributed by atoms with Gasteiger partial charge in [0.25, 0.3) is 11.6 Å². The number of amides is 1. The van der Waals surface area contributed by atoms with Crippen molar-refractivity contribution in [3.05, 3.63) is 33.6 Å². The second-order valence-corrected chi connectivity index (χ2v) is 4.78. The summed E-state index contributed by atoms with van der Waals surface area (Å²) < 4.78 is 13.5. The van der Waals surface area contributed by atoms with Gasteiger partial charge >= 0.3 is 0 Å². The first kappa shape index (κ1) is 16.8. The van der Waals surface area contributed by atoms with Crippen LogP contribution in [-0.4, -0.2) is 54.9 Å². The second-order valence-electron chi connectivity index (χ2n) is 4.78. The van der Waals surface area contributed by atoms with Gasteiger partial charge in [-0.3, -0.25) is 20.8 Å². The lowest BCUT2D eigenvalue weighted by Crippen LogP contribution is -2.34. The van der Waals surface area contributed by atoms with E-state index in [4.69, 9.17) is 5.84 Å². The normalized spacial score (nSPS) is 10.6. The van der Waals surface area contributed by atoms with Gasteiger partial charge < -0.3 is 15.2 Å². The summed E-state index contributed by atoms with van der Waals surface area (Å²) >= 11 is 0. The molecule has 0 atom stereocenters. The molecular weight excluding hydrogens is 281 g/mol. The minimum absolute atomic E-state index is 0.176. The predicted octanol–water partition coefficient (Wildman–Crippen LogP) is 0.653. The largest absolute Gasteiger partial charge is 0.340 e. The van der Waals surface area contributed by atoms with Gasteiger partial charge in [0, 0.05) is 20.1 Å². The highest BCUT2D eigenvalue weighted by molar-refractivity contribution is 5.99. The number of nitrogen functional groups attached to an aromatic ring is 1. The van der Waals surface area contributed by atoms with Crippen molar-refractivity contribution in [1.29, 1.82) is 0 Å². The molecule has 0 saturated heterocycles. The number of carbonyl (C=O) groups is 1. The van der Waals surface area contributed by atoms with E-state index >= 15 is 0 Å². The van der Waals surface area contributed by atoms with Crippen molar-refractivity contribution in [2.24, 2.45) is 5.84 Å². The van der Waals surface area contributed by atoms with E-state index in [2.05, 4.69) is 5.43 Å². The second kappa shape index (κ2) is 6.95. The molecule has 0 unspecified atom stereocenters. The molecule has 1 aromatic rings. The minimum atomic E-state index is -0.892. The number of nitro groups is 1. The summed E-state index contributed by atoms with van der Waals surface area (Å²) in [5.41, 5.74) is 1.09. The molecule has 0 saturated carbocycles. The van der Waals surface area contributed by atoms with Crippen LogP contribution in [0.2, 0.25) is 0 Å². The lowest BCUT2D eigenvalue weighted by molar-refractivity contribution is -0.385. The van der Waals surface area contributed by atoms with Crippen molar-refractivity contribution >= 4 is 17.3 Å². The number of benzene rings is 1. The van der Waals surface area contributed by atoms with Crippen LogP contribution in [0.4, 0.5) is 15.8 Å². The van der Waals surface area contributed by atoms with Gasteiger partial charge in [0.05, 0.1) is 16.7 Å². The number of nitrogens with one attached hydrogen (secondary N) is 1. The highest BCUT2D eigenvalue weighted by Gasteiger charge is 2.25. The molecule has 1 rings (SSSR count). The zero-order valence-electron chi connectivity index (χ0n) is 12.1. The van der Waals surface area contributed by atoms with Gasteiger partial charge in [-0.1, -0.05) is 0 Å². The van der Waals surface area contributed by atoms with Gasteiger partial charge in [-0.2, -0.15) is 0 Å². The van der Waals surface area contributed by atoms with Crippen molar-refractivity contribution in [2.75, 3.05) is 39.7 Å². The van der Waals surface area contributed by atoms with E-state index in [0.717, 1.165) is 6.07 Å². The number of hydrogen-bond acceptors (Lipinski definition) is 6. The Morgan fingerprint density at radius 1 is 1.38 bits per heavy atom. The lowest BCUT2D eigenvalue weighted by Gasteiger charge is -2.20. The summed E-state index contributed by atoms with van der Waals surface area (Å²) in [6.45, 7) is 0.977. The van der Waals surface area contributed by atoms with Crippen molar-refractivity contribution in [3.63, 3.8) is 0 Å². The lowest BCUT2D eigenvalue weighted by atomic mass is 10.1. The Balaban J connectivity index is 3.14. The first-order chi connectivity index (χ1) is 9.77. The van der Waals surface area contributed by atoms with Gasteiger partial charge in [0.1, 0.15) is 5.56 Å². The SMILES string of the molecule is CN(C)CCN(C)C(=O)c1cc(NN)c(F)cc1[N+](=O)[O-]. The fraction of sp³-hybridized carbons (Fsp3) is 0.417. The first-order valence-corrected chi connectivity index (χ1v) is 6.12. The number of nitrogens with two attached hydrogens (primary N) is 1. The topological polar surface area (TPSA) is 105 Å². The van der Waals surface area contributed by atoms with Crippen LogP contribution < -0.4 is 11.3 Å². The number of carbonyl (C=O) groups excluding carboxylic acids is 1. The number of nitrogens with zero attached hydrogens (tertiary/aromatic N) is 3. The quantitative estimate of drug-likeness (QED) is 0.454. The van der Waals surface area contributed by atoms with Gasteiger partial charge in [-0.15, -0.1) is 0 Å². The van der Waals surface area contributed by atoms with Crippen LogP contribution in [0.25, 0.3) is 0 Å². The van der Waals surface area contributed by atoms with Gasteiger partial charge in [0.15, 0.2) is 5.82 Å². The molecule has 0 aliphatic carbocycles. The Kier molecular flexibility index (Phi) is 5.56. The molecule has 3 N–H and O–H groups in total. The average Bonchev–Trinajstić information content (AvgIpc) is 2.43. The Morgan fingerprint density at radius 2 is 2.00 bits per heavy atom. The van der Waals surface area contributed by atoms with Crippen LogP contribution in [0.15, 0.2) is 12.1 Å². The molecule has 1 amide bonds. The average molecular weight is 299 g/mol. The number of likely N-dealkylation sites (N-methyl/N-ethyl adjacent to an activating group) is 2. The first-order valence-electron chi connectivity index (χ1n) is 6.12. The third kappa shape index (κ3) is 4.10. The maximum absolute atomic E-state index is 13.5. The fourth-order valence-corrected chi connectivity index (χ4v) is 1.65. The highest BCUT2D eigenvalue weighted by Crippen LogP contribution is 2.26. The molecule has 9 heteroatoms. The molecule has 0 spiro atoms. The Morgan fingerprint density at radius 3 is 2.48 bits per heavy atom. The highest BCUT2D eigenvalue weighted by atomic mass is 19.1. The number of nitro benzene ring substituents is 1. The predicted molar refractivity (Wildman–Crippen MR) is 76.4 cm³/mol. The van der Waals surface area contributed by atoms with Crippen LogP contribution in [0.3, 0.4) is 0 Å². The van der Waals surface area contributed by atoms with Gasteiger partial charge in [0.2, 0.25) is 0 Å². The van der Waals surface area contributed by atoms with Crippen molar-refractivity contribution in [3.8, 4) is 0 Å². The molecule has 0 heterocycles. The smallest absolute Gasteiger partial charge is 0.285 e. The molecule has 0 fully saturated rings. The zero-order valence-corrected chi connectivity index (χ0v) is 12.1. The van der Waals surface area contributed by atoms with Crippen molar-refractivity contribution in [1.82, 2.24) is 9.80 Å². The fourth-order valence-electron chi connectivity index (χ4n) is 1.65. The van der Waals surface area contributed by atoms with E-state index in [1.165, 1.54) is 11.9 Å². The maximum atomic E-state index is 13.5. The van der Waals surface area contributed by atoms with Gasteiger partial charge in [-0.25, -0.2) is 4.39 Å². The summed E-state index contributed by atoms with van der Waals surface area (Å²) in [4.78, 5) is 25.7. The molecule has 0 aliphatic rings. The van der Waals surface area contributed by atoms with Crippen LogP contribution >= 0.6 is 0 Å². The molecule has 116 valence electrons. The summed E-state index contributed by atoms with van der Waals surface area (Å²) in [5, 5.41) is 11.0. The monoisotopic (exact) mass is 299 g/mol. The number of hydrazine groups is 1. The third-order valence-corrected chi connectivity index (χ3v) is 2.90. The van der Waals surface area contributed by atoms with E-state index in [1.54, 1.807) is 0 Å².